The number of carbonyl (C=O) groups is 3. The van der Waals surface area contributed by atoms with Gasteiger partial charge in [-0.15, -0.1) is 24.8 Å². The molecule has 0 bridgehead atoms. The van der Waals surface area contributed by atoms with E-state index in [0.717, 1.165) is 27.9 Å². The van der Waals surface area contributed by atoms with Gasteiger partial charge in [0.2, 0.25) is 11.8 Å². The van der Waals surface area contributed by atoms with E-state index in [2.05, 4.69) is 9.97 Å². The third-order valence-corrected chi connectivity index (χ3v) is 7.57. The van der Waals surface area contributed by atoms with Gasteiger partial charge in [-0.3, -0.25) is 9.59 Å². The van der Waals surface area contributed by atoms with Crippen molar-refractivity contribution in [1.29, 1.82) is 0 Å². The highest BCUT2D eigenvalue weighted by Crippen LogP contribution is 2.28. The van der Waals surface area contributed by atoms with Gasteiger partial charge < -0.3 is 30.8 Å². The number of amides is 2. The number of nitrogens with one attached hydrogen (secondary N) is 1. The Labute approximate surface area is 275 Å². The molecule has 45 heavy (non-hydrogen) atoms. The van der Waals surface area contributed by atoms with E-state index in [1.165, 1.54) is 14.2 Å². The van der Waals surface area contributed by atoms with E-state index >= 15 is 0 Å². The van der Waals surface area contributed by atoms with Crippen molar-refractivity contribution in [3.05, 3.63) is 106 Å². The average molecular weight is 657 g/mol. The fourth-order valence-corrected chi connectivity index (χ4v) is 5.16. The quantitative estimate of drug-likeness (QED) is 0.190. The Morgan fingerprint density at radius 1 is 0.978 bits per heavy atom. The number of aromatic nitrogens is 2. The summed E-state index contributed by atoms with van der Waals surface area (Å²) in [5.74, 6) is -0.428. The van der Waals surface area contributed by atoms with Gasteiger partial charge in [0.25, 0.3) is 0 Å². The number of hydrogen-bond acceptors (Lipinski definition) is 7. The molecular weight excluding hydrogens is 617 g/mol. The third-order valence-electron chi connectivity index (χ3n) is 7.57. The Balaban J connectivity index is 0.00000353. The third kappa shape index (κ3) is 8.42. The molecule has 0 radical (unpaired) electrons. The molecule has 5 N–H and O–H groups in total. The maximum atomic E-state index is 14.1. The largest absolute Gasteiger partial charge is 0.496 e. The smallest absolute Gasteiger partial charge is 0.341 e. The highest BCUT2D eigenvalue weighted by molar-refractivity contribution is 5.93. The van der Waals surface area contributed by atoms with Gasteiger partial charge in [-0.1, -0.05) is 36.4 Å². The normalized spacial score (nSPS) is 11.8. The van der Waals surface area contributed by atoms with E-state index in [1.807, 2.05) is 51.1 Å². The molecule has 0 fully saturated rings. The summed E-state index contributed by atoms with van der Waals surface area (Å²) >= 11 is 0. The fraction of sp³-hybridized carbons (Fsp3) is 0.273. The number of primary amides is 1. The Morgan fingerprint density at radius 2 is 1.62 bits per heavy atom. The summed E-state index contributed by atoms with van der Waals surface area (Å²) in [5.41, 5.74) is 17.7. The van der Waals surface area contributed by atoms with Crippen molar-refractivity contribution in [3.63, 3.8) is 0 Å². The minimum atomic E-state index is -0.902. The predicted molar refractivity (Wildman–Crippen MR) is 178 cm³/mol. The van der Waals surface area contributed by atoms with Gasteiger partial charge in [0.05, 0.1) is 38.2 Å². The molecule has 2 atom stereocenters. The lowest BCUT2D eigenvalue weighted by atomic mass is 9.93. The molecule has 4 rings (SSSR count). The van der Waals surface area contributed by atoms with Crippen LogP contribution in [0.1, 0.15) is 61.8 Å². The maximum Gasteiger partial charge on any atom is 0.341 e. The molecule has 0 spiro atoms. The molecule has 3 aromatic carbocycles. The zero-order valence-electron chi connectivity index (χ0n) is 25.8. The molecule has 0 saturated carbocycles. The molecule has 12 heteroatoms. The van der Waals surface area contributed by atoms with Crippen molar-refractivity contribution in [2.24, 2.45) is 11.5 Å². The standard InChI is InChI=1S/C33H37N5O5.2ClH/c1-19-13-24(30(35)39)14-20(2)25(19)16-27(34)32(40)38(18-22-11-12-29(42-4)26(15-22)33(41)43-5)21(3)31-36-17-28(37-31)23-9-7-6-8-10-23;;/h6-15,17,21,27H,16,18,34H2,1-5H3,(H2,35,39)(H,36,37);2*1H/t21-,27-;;/m0../s1. The van der Waals surface area contributed by atoms with Gasteiger partial charge in [0.1, 0.15) is 17.1 Å². The van der Waals surface area contributed by atoms with Crippen LogP contribution in [0.3, 0.4) is 0 Å². The summed E-state index contributed by atoms with van der Waals surface area (Å²) in [6.45, 7) is 5.75. The van der Waals surface area contributed by atoms with E-state index < -0.39 is 24.0 Å². The van der Waals surface area contributed by atoms with Crippen LogP contribution in [0.5, 0.6) is 5.75 Å². The summed E-state index contributed by atoms with van der Waals surface area (Å²) in [6.07, 6.45) is 1.99. The van der Waals surface area contributed by atoms with Gasteiger partial charge in [0, 0.05) is 12.1 Å². The van der Waals surface area contributed by atoms with Crippen LogP contribution in [0.15, 0.2) is 66.9 Å². The second-order valence-corrected chi connectivity index (χ2v) is 10.5. The number of esters is 1. The zero-order chi connectivity index (χ0) is 31.3. The number of carbonyl (C=O) groups excluding carboxylic acids is 3. The van der Waals surface area contributed by atoms with Crippen LogP contribution >= 0.6 is 24.8 Å². The number of halogens is 2. The second kappa shape index (κ2) is 16.1. The van der Waals surface area contributed by atoms with Gasteiger partial charge in [-0.05, 0) is 79.3 Å². The Hall–Kier alpha value is -4.38. The summed E-state index contributed by atoms with van der Waals surface area (Å²) in [6, 6.07) is 16.9. The summed E-state index contributed by atoms with van der Waals surface area (Å²) < 4.78 is 10.3. The molecule has 2 amide bonds. The van der Waals surface area contributed by atoms with Gasteiger partial charge in [-0.2, -0.15) is 0 Å². The van der Waals surface area contributed by atoms with E-state index in [4.69, 9.17) is 20.9 Å². The number of H-pyrrole nitrogens is 1. The van der Waals surface area contributed by atoms with Crippen molar-refractivity contribution in [1.82, 2.24) is 14.9 Å². The van der Waals surface area contributed by atoms with E-state index in [1.54, 1.807) is 41.4 Å². The van der Waals surface area contributed by atoms with Crippen molar-refractivity contribution in [2.45, 2.75) is 45.8 Å². The highest BCUT2D eigenvalue weighted by Gasteiger charge is 2.29. The SMILES string of the molecule is COC(=O)c1cc(CN(C(=O)[C@@H](N)Cc2c(C)cc(C(N)=O)cc2C)[C@@H](C)c2ncc(-c3ccccc3)[nH]2)ccc1OC.Cl.Cl. The molecular formula is C33H39Cl2N5O5. The first-order chi connectivity index (χ1) is 20.5. The predicted octanol–water partition coefficient (Wildman–Crippen LogP) is 5.09. The summed E-state index contributed by atoms with van der Waals surface area (Å²) in [7, 11) is 2.77. The van der Waals surface area contributed by atoms with Crippen LogP contribution in [0.2, 0.25) is 0 Å². The first kappa shape index (κ1) is 36.8. The Kier molecular flexibility index (Phi) is 13.2. The minimum absolute atomic E-state index is 0. The van der Waals surface area contributed by atoms with Crippen molar-refractivity contribution >= 4 is 42.6 Å². The van der Waals surface area contributed by atoms with Crippen molar-refractivity contribution < 1.29 is 23.9 Å². The first-order valence-electron chi connectivity index (χ1n) is 13.9. The monoisotopic (exact) mass is 655 g/mol. The molecule has 0 aliphatic rings. The number of aryl methyl sites for hydroxylation is 2. The van der Waals surface area contributed by atoms with E-state index in [-0.39, 0.29) is 49.3 Å². The maximum absolute atomic E-state index is 14.1. The number of imidazole rings is 1. The number of methoxy groups -OCH3 is 2. The van der Waals surface area contributed by atoms with Crippen molar-refractivity contribution in [3.8, 4) is 17.0 Å². The van der Waals surface area contributed by atoms with Crippen molar-refractivity contribution in [2.75, 3.05) is 14.2 Å². The molecule has 240 valence electrons. The Bertz CT molecular complexity index is 1620. The molecule has 4 aromatic rings. The van der Waals surface area contributed by atoms with Crippen LogP contribution in [0.4, 0.5) is 0 Å². The topological polar surface area (TPSA) is 154 Å². The highest BCUT2D eigenvalue weighted by atomic mass is 35.5. The number of rotatable bonds is 11. The van der Waals surface area contributed by atoms with E-state index in [0.29, 0.717) is 22.7 Å². The van der Waals surface area contributed by atoms with Gasteiger partial charge in [-0.25, -0.2) is 9.78 Å². The molecule has 0 aliphatic carbocycles. The van der Waals surface area contributed by atoms with Gasteiger partial charge in [0.15, 0.2) is 0 Å². The molecule has 10 nitrogen and oxygen atoms in total. The molecule has 1 heterocycles. The number of ether oxygens (including phenoxy) is 2. The molecule has 0 saturated heterocycles. The van der Waals surface area contributed by atoms with Crippen LogP contribution in [-0.2, 0) is 22.5 Å². The molecule has 0 aliphatic heterocycles. The fourth-order valence-electron chi connectivity index (χ4n) is 5.16. The van der Waals surface area contributed by atoms with Gasteiger partial charge >= 0.3 is 5.97 Å². The molecule has 0 unspecified atom stereocenters. The van der Waals surface area contributed by atoms with Crippen LogP contribution in [0.25, 0.3) is 11.3 Å². The van der Waals surface area contributed by atoms with Crippen LogP contribution in [0, 0.1) is 13.8 Å². The van der Waals surface area contributed by atoms with Crippen LogP contribution < -0.4 is 16.2 Å². The first-order valence-corrected chi connectivity index (χ1v) is 13.9. The lowest BCUT2D eigenvalue weighted by Crippen LogP contribution is -2.46. The number of aromatic amines is 1. The number of benzene rings is 3. The number of nitrogens with zero attached hydrogens (tertiary/aromatic N) is 2. The number of hydrogen-bond donors (Lipinski definition) is 3. The molecule has 1 aromatic heterocycles. The van der Waals surface area contributed by atoms with E-state index in [9.17, 15) is 14.4 Å². The summed E-state index contributed by atoms with van der Waals surface area (Å²) in [4.78, 5) is 47.9. The second-order valence-electron chi connectivity index (χ2n) is 10.5. The Morgan fingerprint density at radius 3 is 2.20 bits per heavy atom. The summed E-state index contributed by atoms with van der Waals surface area (Å²) in [5, 5.41) is 0. The van der Waals surface area contributed by atoms with Crippen LogP contribution in [-0.4, -0.2) is 52.9 Å². The minimum Gasteiger partial charge on any atom is -0.496 e. The number of nitrogens with two attached hydrogens (primary N) is 2. The average Bonchev–Trinajstić information content (AvgIpc) is 3.51. The lowest BCUT2D eigenvalue weighted by molar-refractivity contribution is -0.135. The zero-order valence-corrected chi connectivity index (χ0v) is 27.5. The lowest BCUT2D eigenvalue weighted by Gasteiger charge is -2.31.